The molecule has 16 rings (SSSR count). The Balaban J connectivity index is 0.905. The van der Waals surface area contributed by atoms with Crippen LogP contribution in [0.5, 0.6) is 0 Å². The maximum absolute atomic E-state index is 2.50. The molecule has 0 heterocycles. The van der Waals surface area contributed by atoms with Crippen LogP contribution in [0.2, 0.25) is 0 Å². The molecule has 0 N–H and O–H groups in total. The summed E-state index contributed by atoms with van der Waals surface area (Å²) in [5.41, 5.74) is 23.4. The number of nitrogens with zero attached hydrogens (tertiary/aromatic N) is 2. The van der Waals surface area contributed by atoms with Crippen LogP contribution in [-0.2, 0) is 10.8 Å². The molecule has 2 aliphatic rings. The number of para-hydroxylation sites is 2. The molecule has 2 heteroatoms. The van der Waals surface area contributed by atoms with Crippen LogP contribution in [0.1, 0.15) is 55.6 Å². The zero-order valence-electron chi connectivity index (χ0n) is 45.8. The quantitative estimate of drug-likeness (QED) is 0.126. The first-order valence-corrected chi connectivity index (χ1v) is 28.7. The van der Waals surface area contributed by atoms with Gasteiger partial charge in [0.25, 0.3) is 0 Å². The predicted octanol–water partition coefficient (Wildman–Crippen LogP) is 20.9. The molecule has 14 aromatic carbocycles. The fourth-order valence-corrected chi connectivity index (χ4v) is 14.7. The average Bonchev–Trinajstić information content (AvgIpc) is 2.58. The summed E-state index contributed by atoms with van der Waals surface area (Å²) in [6.07, 6.45) is 0. The zero-order chi connectivity index (χ0) is 54.5. The Bertz CT molecular complexity index is 4710. The second kappa shape index (κ2) is 18.7. The molecule has 82 heavy (non-hydrogen) atoms. The van der Waals surface area contributed by atoms with E-state index in [-0.39, 0.29) is 0 Å². The van der Waals surface area contributed by atoms with Gasteiger partial charge in [0, 0.05) is 33.5 Å². The minimum atomic E-state index is -0.551. The highest BCUT2D eigenvalue weighted by atomic mass is 15.2. The van der Waals surface area contributed by atoms with Crippen LogP contribution in [0.4, 0.5) is 34.1 Å². The average molecular weight is 1050 g/mol. The third kappa shape index (κ3) is 6.95. The van der Waals surface area contributed by atoms with Gasteiger partial charge in [0.1, 0.15) is 0 Å². The van der Waals surface area contributed by atoms with E-state index in [9.17, 15) is 0 Å². The van der Waals surface area contributed by atoms with E-state index >= 15 is 0 Å². The van der Waals surface area contributed by atoms with E-state index in [2.05, 4.69) is 327 Å². The van der Waals surface area contributed by atoms with Crippen molar-refractivity contribution in [2.75, 3.05) is 9.80 Å². The largest absolute Gasteiger partial charge is 0.310 e. The molecule has 0 saturated heterocycles. The highest BCUT2D eigenvalue weighted by molar-refractivity contribution is 6.29. The lowest BCUT2D eigenvalue weighted by Crippen LogP contribution is -2.29. The second-order valence-electron chi connectivity index (χ2n) is 22.5. The minimum absolute atomic E-state index is 0.548. The smallest absolute Gasteiger partial charge is 0.0714 e. The molecule has 0 aliphatic heterocycles. The van der Waals surface area contributed by atoms with Crippen molar-refractivity contribution in [3.63, 3.8) is 0 Å². The summed E-state index contributed by atoms with van der Waals surface area (Å²) in [7, 11) is 0. The number of rotatable bonds is 10. The van der Waals surface area contributed by atoms with Crippen LogP contribution in [0, 0.1) is 13.8 Å². The van der Waals surface area contributed by atoms with E-state index in [4.69, 9.17) is 0 Å². The predicted molar refractivity (Wildman–Crippen MR) is 344 cm³/mol. The Hall–Kier alpha value is -10.3. The lowest BCUT2D eigenvalue weighted by atomic mass is 9.67. The Morgan fingerprint density at radius 3 is 1.09 bits per heavy atom. The number of hydrogen-bond acceptors (Lipinski definition) is 2. The molecule has 0 bridgehead atoms. The van der Waals surface area contributed by atoms with Crippen molar-refractivity contribution < 1.29 is 0 Å². The molecule has 0 fully saturated rings. The van der Waals surface area contributed by atoms with Gasteiger partial charge >= 0.3 is 0 Å². The summed E-state index contributed by atoms with van der Waals surface area (Å²) in [6.45, 7) is 4.42. The Morgan fingerprint density at radius 1 is 0.244 bits per heavy atom. The number of fused-ring (bicyclic) bond motifs is 6. The van der Waals surface area contributed by atoms with Crippen molar-refractivity contribution in [2.45, 2.75) is 24.7 Å². The maximum Gasteiger partial charge on any atom is 0.0714 e. The molecular weight excluding hydrogens is 989 g/mol. The summed E-state index contributed by atoms with van der Waals surface area (Å²) in [4.78, 5) is 4.98. The van der Waals surface area contributed by atoms with E-state index in [1.165, 1.54) is 110 Å². The van der Waals surface area contributed by atoms with Crippen LogP contribution >= 0.6 is 0 Å². The van der Waals surface area contributed by atoms with E-state index in [1.54, 1.807) is 0 Å². The fourth-order valence-electron chi connectivity index (χ4n) is 14.7. The van der Waals surface area contributed by atoms with E-state index in [1.807, 2.05) is 0 Å². The molecule has 0 atom stereocenters. The Labute approximate surface area is 479 Å². The molecule has 0 unspecified atom stereocenters. The van der Waals surface area contributed by atoms with Gasteiger partial charge in [-0.1, -0.05) is 254 Å². The molecule has 2 aliphatic carbocycles. The van der Waals surface area contributed by atoms with Gasteiger partial charge in [-0.15, -0.1) is 0 Å². The molecule has 386 valence electrons. The lowest BCUT2D eigenvalue weighted by molar-refractivity contribution is 0.767. The first kappa shape index (κ1) is 47.7. The third-order valence-electron chi connectivity index (χ3n) is 18.0. The van der Waals surface area contributed by atoms with Crippen molar-refractivity contribution in [3.05, 3.63) is 359 Å². The highest BCUT2D eigenvalue weighted by Gasteiger charge is 2.48. The monoisotopic (exact) mass is 1040 g/mol. The molecule has 0 saturated carbocycles. The van der Waals surface area contributed by atoms with Gasteiger partial charge in [-0.05, 0) is 163 Å². The van der Waals surface area contributed by atoms with Crippen molar-refractivity contribution in [1.82, 2.24) is 0 Å². The standard InChI is InChI=1S/C80H56N2/c1-53-22-17-25-57(48-53)79(71-40-13-9-35-65(71)66-36-10-14-41-72(66)79)59-27-20-33-63(51-59)81(61-29-5-3-6-30-61)75-47-45-56-50-76(69-39-19-24-55-44-46-70(75)78(56)77(55)69)82(62-31-7-4-8-32-62)64-34-21-28-60(52-64)80(58-26-18-23-54(2)49-58)73-42-15-11-37-67(73)68-38-12-16-43-74(68)80/h3-52H,1-2H3. The lowest BCUT2D eigenvalue weighted by Gasteiger charge is -2.36. The van der Waals surface area contributed by atoms with Gasteiger partial charge < -0.3 is 9.80 Å². The first-order valence-electron chi connectivity index (χ1n) is 28.7. The van der Waals surface area contributed by atoms with Crippen molar-refractivity contribution >= 4 is 66.4 Å². The number of aryl methyl sites for hydroxylation is 2. The summed E-state index contributed by atoms with van der Waals surface area (Å²) < 4.78 is 0. The molecule has 0 spiro atoms. The zero-order valence-corrected chi connectivity index (χ0v) is 45.8. The van der Waals surface area contributed by atoms with E-state index < -0.39 is 10.8 Å². The summed E-state index contributed by atoms with van der Waals surface area (Å²) in [5, 5.41) is 7.28. The van der Waals surface area contributed by atoms with Crippen LogP contribution in [0.15, 0.2) is 303 Å². The molecular formula is C80H56N2. The minimum Gasteiger partial charge on any atom is -0.310 e. The SMILES string of the molecule is Cc1cccc(C2(c3cccc(N(c4ccccc4)c4cc5ccc(N(c6ccccc6)c6cccc(C7(c8cccc(C)c8)c8ccccc8-c8ccccc87)c6)c6ccc7cccc4c7c56)c3)c3ccccc3-c3ccccc32)c1. The normalized spacial score (nSPS) is 13.4. The van der Waals surface area contributed by atoms with Crippen LogP contribution < -0.4 is 9.80 Å². The molecule has 2 nitrogen and oxygen atoms in total. The second-order valence-corrected chi connectivity index (χ2v) is 22.5. The van der Waals surface area contributed by atoms with E-state index in [0.717, 1.165) is 34.1 Å². The molecule has 14 aromatic rings. The van der Waals surface area contributed by atoms with Gasteiger partial charge in [0.05, 0.1) is 22.2 Å². The topological polar surface area (TPSA) is 6.48 Å². The van der Waals surface area contributed by atoms with Gasteiger partial charge in [0.2, 0.25) is 0 Å². The highest BCUT2D eigenvalue weighted by Crippen LogP contribution is 2.59. The van der Waals surface area contributed by atoms with Crippen molar-refractivity contribution in [2.24, 2.45) is 0 Å². The van der Waals surface area contributed by atoms with Gasteiger partial charge in [-0.2, -0.15) is 0 Å². The molecule has 0 aromatic heterocycles. The number of anilines is 6. The van der Waals surface area contributed by atoms with Crippen LogP contribution in [0.25, 0.3) is 54.6 Å². The van der Waals surface area contributed by atoms with Crippen molar-refractivity contribution in [1.29, 1.82) is 0 Å². The summed E-state index contributed by atoms with van der Waals surface area (Å²) in [5.74, 6) is 0. The van der Waals surface area contributed by atoms with E-state index in [0.29, 0.717) is 0 Å². The Kier molecular flexibility index (Phi) is 10.9. The Morgan fingerprint density at radius 2 is 0.610 bits per heavy atom. The molecule has 0 amide bonds. The van der Waals surface area contributed by atoms with Crippen molar-refractivity contribution in [3.8, 4) is 22.3 Å². The summed E-state index contributed by atoms with van der Waals surface area (Å²) in [6, 6.07) is 114. The van der Waals surface area contributed by atoms with Gasteiger partial charge in [-0.25, -0.2) is 0 Å². The van der Waals surface area contributed by atoms with Gasteiger partial charge in [-0.3, -0.25) is 0 Å². The van der Waals surface area contributed by atoms with Crippen LogP contribution in [0.3, 0.4) is 0 Å². The third-order valence-corrected chi connectivity index (χ3v) is 18.0. The molecule has 0 radical (unpaired) electrons. The summed E-state index contributed by atoms with van der Waals surface area (Å²) >= 11 is 0. The fraction of sp³-hybridized carbons (Fsp3) is 0.0500. The number of hydrogen-bond donors (Lipinski definition) is 0. The van der Waals surface area contributed by atoms with Gasteiger partial charge in [0.15, 0.2) is 0 Å². The number of benzene rings is 14. The van der Waals surface area contributed by atoms with Crippen LogP contribution in [-0.4, -0.2) is 0 Å². The first-order chi connectivity index (χ1) is 40.5. The maximum atomic E-state index is 2.50.